The van der Waals surface area contributed by atoms with E-state index in [2.05, 4.69) is 26.5 Å². The van der Waals surface area contributed by atoms with Crippen LogP contribution in [0.25, 0.3) is 0 Å². The number of halogens is 1. The third-order valence-electron chi connectivity index (χ3n) is 4.82. The molecule has 34 heavy (non-hydrogen) atoms. The maximum Gasteiger partial charge on any atom is 0.271 e. The number of rotatable bonds is 9. The van der Waals surface area contributed by atoms with Gasteiger partial charge >= 0.3 is 0 Å². The van der Waals surface area contributed by atoms with Gasteiger partial charge in [-0.05, 0) is 63.5 Å². The standard InChI is InChI=1S/C24H24BrN3O5S/c1-32-22-14-18(13-21(25)23(22)33-2)15-26-27-24(29)19-11-9-17(10-12-19)16-28(34(3,30)31)20-7-5-4-6-8-20/h4-15H,16H2,1-3H3,(H,27,29)/b26-15-. The summed E-state index contributed by atoms with van der Waals surface area (Å²) in [4.78, 5) is 12.5. The topological polar surface area (TPSA) is 97.3 Å². The molecule has 0 fully saturated rings. The number of sulfonamides is 1. The lowest BCUT2D eigenvalue weighted by atomic mass is 10.1. The Kier molecular flexibility index (Phi) is 8.30. The number of para-hydroxylation sites is 1. The zero-order valence-corrected chi connectivity index (χ0v) is 21.3. The molecule has 3 aromatic carbocycles. The first kappa shape index (κ1) is 25.3. The minimum Gasteiger partial charge on any atom is -0.493 e. The van der Waals surface area contributed by atoms with Gasteiger partial charge in [0.2, 0.25) is 10.0 Å². The summed E-state index contributed by atoms with van der Waals surface area (Å²) in [6.45, 7) is 0.150. The molecule has 1 amide bonds. The Morgan fingerprint density at radius 2 is 1.74 bits per heavy atom. The number of hydrogen-bond acceptors (Lipinski definition) is 6. The van der Waals surface area contributed by atoms with Crippen molar-refractivity contribution in [3.05, 3.63) is 87.9 Å². The number of amides is 1. The summed E-state index contributed by atoms with van der Waals surface area (Å²) in [6.07, 6.45) is 2.65. The number of anilines is 1. The Bertz CT molecular complexity index is 1280. The molecule has 10 heteroatoms. The van der Waals surface area contributed by atoms with Crippen LogP contribution in [0.4, 0.5) is 5.69 Å². The highest BCUT2D eigenvalue weighted by Gasteiger charge is 2.18. The maximum atomic E-state index is 12.5. The molecule has 0 radical (unpaired) electrons. The number of methoxy groups -OCH3 is 2. The number of hydrazone groups is 1. The van der Waals surface area contributed by atoms with Crippen LogP contribution in [-0.2, 0) is 16.6 Å². The lowest BCUT2D eigenvalue weighted by molar-refractivity contribution is 0.0955. The van der Waals surface area contributed by atoms with E-state index in [1.165, 1.54) is 17.6 Å². The molecule has 3 aromatic rings. The summed E-state index contributed by atoms with van der Waals surface area (Å²) in [5.74, 6) is 0.690. The van der Waals surface area contributed by atoms with Crippen molar-refractivity contribution < 1.29 is 22.7 Å². The Hall–Kier alpha value is -3.37. The molecule has 1 N–H and O–H groups in total. The van der Waals surface area contributed by atoms with Crippen LogP contribution in [0.2, 0.25) is 0 Å². The average Bonchev–Trinajstić information content (AvgIpc) is 2.82. The molecular formula is C24H24BrN3O5S. The highest BCUT2D eigenvalue weighted by atomic mass is 79.9. The third kappa shape index (κ3) is 6.36. The van der Waals surface area contributed by atoms with Gasteiger partial charge in [0, 0.05) is 5.56 Å². The minimum atomic E-state index is -3.48. The first-order valence-corrected chi connectivity index (χ1v) is 12.7. The maximum absolute atomic E-state index is 12.5. The lowest BCUT2D eigenvalue weighted by Crippen LogP contribution is -2.29. The van der Waals surface area contributed by atoms with Crippen LogP contribution < -0.4 is 19.2 Å². The van der Waals surface area contributed by atoms with E-state index in [0.29, 0.717) is 32.8 Å². The van der Waals surface area contributed by atoms with E-state index in [9.17, 15) is 13.2 Å². The average molecular weight is 546 g/mol. The van der Waals surface area contributed by atoms with Crippen molar-refractivity contribution in [3.8, 4) is 11.5 Å². The Morgan fingerprint density at radius 3 is 2.32 bits per heavy atom. The van der Waals surface area contributed by atoms with E-state index in [4.69, 9.17) is 9.47 Å². The van der Waals surface area contributed by atoms with Crippen molar-refractivity contribution in [1.82, 2.24) is 5.43 Å². The molecule has 8 nitrogen and oxygen atoms in total. The molecule has 0 spiro atoms. The van der Waals surface area contributed by atoms with Gasteiger partial charge in [0.1, 0.15) is 0 Å². The van der Waals surface area contributed by atoms with Crippen molar-refractivity contribution in [2.45, 2.75) is 6.54 Å². The van der Waals surface area contributed by atoms with E-state index in [1.54, 1.807) is 67.8 Å². The minimum absolute atomic E-state index is 0.150. The van der Waals surface area contributed by atoms with Gasteiger partial charge in [-0.3, -0.25) is 9.10 Å². The van der Waals surface area contributed by atoms with E-state index in [-0.39, 0.29) is 6.54 Å². The lowest BCUT2D eigenvalue weighted by Gasteiger charge is -2.22. The molecule has 0 heterocycles. The summed E-state index contributed by atoms with van der Waals surface area (Å²) in [6, 6.07) is 19.0. The number of ether oxygens (including phenoxy) is 2. The predicted molar refractivity (Wildman–Crippen MR) is 136 cm³/mol. The summed E-state index contributed by atoms with van der Waals surface area (Å²) >= 11 is 3.41. The first-order valence-electron chi connectivity index (χ1n) is 10.1. The molecule has 0 aliphatic carbocycles. The fourth-order valence-electron chi connectivity index (χ4n) is 3.16. The van der Waals surface area contributed by atoms with Crippen LogP contribution in [0.1, 0.15) is 21.5 Å². The SMILES string of the molecule is COc1cc(/C=N\NC(=O)c2ccc(CN(c3ccccc3)S(C)(=O)=O)cc2)cc(Br)c1OC. The Labute approximate surface area is 207 Å². The van der Waals surface area contributed by atoms with Crippen LogP contribution in [0.5, 0.6) is 11.5 Å². The molecule has 0 aliphatic heterocycles. The van der Waals surface area contributed by atoms with Crippen LogP contribution >= 0.6 is 15.9 Å². The molecule has 0 aliphatic rings. The van der Waals surface area contributed by atoms with E-state index in [1.807, 2.05) is 6.07 Å². The Balaban J connectivity index is 1.68. The molecule has 0 saturated carbocycles. The van der Waals surface area contributed by atoms with Crippen LogP contribution in [0.15, 0.2) is 76.3 Å². The van der Waals surface area contributed by atoms with Gasteiger partial charge in [0.05, 0.1) is 43.4 Å². The quantitative estimate of drug-likeness (QED) is 0.321. The second-order valence-corrected chi connectivity index (χ2v) is 10.0. The predicted octanol–water partition coefficient (Wildman–Crippen LogP) is 4.20. The largest absolute Gasteiger partial charge is 0.493 e. The van der Waals surface area contributed by atoms with Gasteiger partial charge in [-0.15, -0.1) is 0 Å². The van der Waals surface area contributed by atoms with Crippen LogP contribution in [0, 0.1) is 0 Å². The summed E-state index contributed by atoms with van der Waals surface area (Å²) in [7, 11) is -0.402. The smallest absolute Gasteiger partial charge is 0.271 e. The third-order valence-corrected chi connectivity index (χ3v) is 6.55. The number of carbonyl (C=O) groups excluding carboxylic acids is 1. The van der Waals surface area contributed by atoms with Gasteiger partial charge < -0.3 is 9.47 Å². The van der Waals surface area contributed by atoms with Crippen molar-refractivity contribution in [2.75, 3.05) is 24.8 Å². The van der Waals surface area contributed by atoms with Gasteiger partial charge in [0.15, 0.2) is 11.5 Å². The van der Waals surface area contributed by atoms with E-state index >= 15 is 0 Å². The van der Waals surface area contributed by atoms with Gasteiger partial charge in [-0.2, -0.15) is 5.10 Å². The molecular weight excluding hydrogens is 522 g/mol. The zero-order chi connectivity index (χ0) is 24.7. The van der Waals surface area contributed by atoms with Crippen LogP contribution in [-0.4, -0.2) is 41.0 Å². The van der Waals surface area contributed by atoms with Crippen molar-refractivity contribution in [1.29, 1.82) is 0 Å². The molecule has 0 saturated heterocycles. The number of nitrogens with zero attached hydrogens (tertiary/aromatic N) is 2. The summed E-state index contributed by atoms with van der Waals surface area (Å²) in [5.41, 5.74) is 4.88. The molecule has 178 valence electrons. The highest BCUT2D eigenvalue weighted by molar-refractivity contribution is 9.10. The number of benzene rings is 3. The number of hydrogen-bond donors (Lipinski definition) is 1. The molecule has 3 rings (SSSR count). The van der Waals surface area contributed by atoms with Crippen molar-refractivity contribution >= 4 is 43.8 Å². The number of nitrogens with one attached hydrogen (secondary N) is 1. The van der Waals surface area contributed by atoms with Crippen LogP contribution in [0.3, 0.4) is 0 Å². The van der Waals surface area contributed by atoms with Crippen molar-refractivity contribution in [2.24, 2.45) is 5.10 Å². The summed E-state index contributed by atoms with van der Waals surface area (Å²) < 4.78 is 37.1. The van der Waals surface area contributed by atoms with Gasteiger partial charge in [-0.1, -0.05) is 30.3 Å². The monoisotopic (exact) mass is 545 g/mol. The van der Waals surface area contributed by atoms with Gasteiger partial charge in [0.25, 0.3) is 5.91 Å². The first-order chi connectivity index (χ1) is 16.2. The second-order valence-electron chi connectivity index (χ2n) is 7.24. The van der Waals surface area contributed by atoms with E-state index in [0.717, 1.165) is 11.8 Å². The number of carbonyl (C=O) groups is 1. The zero-order valence-electron chi connectivity index (χ0n) is 18.9. The summed E-state index contributed by atoms with van der Waals surface area (Å²) in [5, 5.41) is 4.00. The van der Waals surface area contributed by atoms with Crippen molar-refractivity contribution in [3.63, 3.8) is 0 Å². The highest BCUT2D eigenvalue weighted by Crippen LogP contribution is 2.35. The second kappa shape index (κ2) is 11.2. The fourth-order valence-corrected chi connectivity index (χ4v) is 4.67. The molecule has 0 unspecified atom stereocenters. The fraction of sp³-hybridized carbons (Fsp3) is 0.167. The normalized spacial score (nSPS) is 11.3. The Morgan fingerprint density at radius 1 is 1.06 bits per heavy atom. The van der Waals surface area contributed by atoms with Gasteiger partial charge in [-0.25, -0.2) is 13.8 Å². The molecule has 0 bridgehead atoms. The molecule has 0 aromatic heterocycles. The van der Waals surface area contributed by atoms with E-state index < -0.39 is 15.9 Å². The molecule has 0 atom stereocenters.